The van der Waals surface area contributed by atoms with Crippen LogP contribution >= 0.6 is 39.1 Å². The highest BCUT2D eigenvalue weighted by Gasteiger charge is 2.13. The smallest absolute Gasteiger partial charge is 0.345 e. The van der Waals surface area contributed by atoms with Gasteiger partial charge in [0.2, 0.25) is 0 Å². The molecule has 0 heterocycles. The van der Waals surface area contributed by atoms with Crippen LogP contribution in [-0.2, 0) is 0 Å². The fourth-order valence-electron chi connectivity index (χ4n) is 2.31. The summed E-state index contributed by atoms with van der Waals surface area (Å²) in [6.07, 6.45) is 1.48. The zero-order valence-corrected chi connectivity index (χ0v) is 17.8. The number of halogens is 3. The SMILES string of the molecule is O=C(Oc1ccc(/C=N\NC(=O)c2ccccc2Br)cc1)c1ccc(Cl)cc1Cl. The predicted molar refractivity (Wildman–Crippen MR) is 117 cm³/mol. The fraction of sp³-hybridized carbons (Fsp3) is 0. The second-order valence-electron chi connectivity index (χ2n) is 5.76. The van der Waals surface area contributed by atoms with E-state index in [1.807, 2.05) is 6.07 Å². The molecule has 0 atom stereocenters. The number of benzene rings is 3. The number of amides is 1. The molecule has 0 aromatic heterocycles. The molecule has 3 aromatic carbocycles. The van der Waals surface area contributed by atoms with Gasteiger partial charge in [-0.15, -0.1) is 0 Å². The standard InChI is InChI=1S/C21H13BrCl2N2O3/c22-18-4-2-1-3-16(18)20(27)26-25-12-13-5-8-15(9-6-13)29-21(28)17-10-7-14(23)11-19(17)24/h1-12H,(H,26,27)/b25-12-. The first-order chi connectivity index (χ1) is 13.9. The lowest BCUT2D eigenvalue weighted by Gasteiger charge is -2.06. The molecule has 146 valence electrons. The van der Waals surface area contributed by atoms with Crippen LogP contribution in [0.15, 0.2) is 76.3 Å². The van der Waals surface area contributed by atoms with Crippen LogP contribution in [-0.4, -0.2) is 18.1 Å². The Morgan fingerprint density at radius 3 is 2.38 bits per heavy atom. The van der Waals surface area contributed by atoms with Crippen molar-refractivity contribution in [1.82, 2.24) is 5.43 Å². The van der Waals surface area contributed by atoms with E-state index in [9.17, 15) is 9.59 Å². The van der Waals surface area contributed by atoms with Gasteiger partial charge in [-0.1, -0.05) is 35.3 Å². The third-order valence-corrected chi connectivity index (χ3v) is 4.98. The molecule has 0 bridgehead atoms. The Morgan fingerprint density at radius 1 is 0.966 bits per heavy atom. The Labute approximate surface area is 185 Å². The van der Waals surface area contributed by atoms with Crippen molar-refractivity contribution in [2.75, 3.05) is 0 Å². The molecule has 1 amide bonds. The van der Waals surface area contributed by atoms with Crippen LogP contribution in [0.5, 0.6) is 5.75 Å². The average Bonchev–Trinajstić information content (AvgIpc) is 2.69. The number of nitrogens with zero attached hydrogens (tertiary/aromatic N) is 1. The summed E-state index contributed by atoms with van der Waals surface area (Å²) >= 11 is 15.2. The number of ether oxygens (including phenoxy) is 1. The molecule has 1 N–H and O–H groups in total. The van der Waals surface area contributed by atoms with Crippen molar-refractivity contribution in [2.24, 2.45) is 5.10 Å². The number of hydrogen-bond acceptors (Lipinski definition) is 4. The third kappa shape index (κ3) is 5.67. The van der Waals surface area contributed by atoms with E-state index in [1.165, 1.54) is 18.3 Å². The Bertz CT molecular complexity index is 1090. The monoisotopic (exact) mass is 490 g/mol. The molecule has 0 unspecified atom stereocenters. The van der Waals surface area contributed by atoms with Crippen LogP contribution in [0.25, 0.3) is 0 Å². The zero-order valence-electron chi connectivity index (χ0n) is 14.7. The number of carbonyl (C=O) groups excluding carboxylic acids is 2. The largest absolute Gasteiger partial charge is 0.423 e. The number of nitrogens with one attached hydrogen (secondary N) is 1. The molecule has 5 nitrogen and oxygen atoms in total. The van der Waals surface area contributed by atoms with Crippen molar-refractivity contribution in [3.05, 3.63) is 97.9 Å². The molecule has 0 spiro atoms. The van der Waals surface area contributed by atoms with E-state index in [0.717, 1.165) is 0 Å². The van der Waals surface area contributed by atoms with Gasteiger partial charge in [0, 0.05) is 9.50 Å². The summed E-state index contributed by atoms with van der Waals surface area (Å²) in [6, 6.07) is 18.2. The lowest BCUT2D eigenvalue weighted by Crippen LogP contribution is -2.18. The number of hydrazone groups is 1. The maximum absolute atomic E-state index is 12.2. The fourth-order valence-corrected chi connectivity index (χ4v) is 3.26. The lowest BCUT2D eigenvalue weighted by atomic mass is 10.2. The molecule has 3 aromatic rings. The number of hydrogen-bond donors (Lipinski definition) is 1. The van der Waals surface area contributed by atoms with Crippen LogP contribution in [0.4, 0.5) is 0 Å². The molecule has 0 fully saturated rings. The highest BCUT2D eigenvalue weighted by Crippen LogP contribution is 2.23. The van der Waals surface area contributed by atoms with Crippen molar-refractivity contribution < 1.29 is 14.3 Å². The van der Waals surface area contributed by atoms with Gasteiger partial charge in [0.15, 0.2) is 0 Å². The summed E-state index contributed by atoms with van der Waals surface area (Å²) in [6.45, 7) is 0. The Hall–Kier alpha value is -2.67. The van der Waals surface area contributed by atoms with Crippen molar-refractivity contribution in [3.63, 3.8) is 0 Å². The maximum atomic E-state index is 12.2. The summed E-state index contributed by atoms with van der Waals surface area (Å²) in [5.41, 5.74) is 3.87. The molecule has 0 saturated carbocycles. The van der Waals surface area contributed by atoms with Crippen LogP contribution < -0.4 is 10.2 Å². The van der Waals surface area contributed by atoms with Gasteiger partial charge in [-0.05, 0) is 76.1 Å². The summed E-state index contributed by atoms with van der Waals surface area (Å²) in [5, 5.41) is 4.58. The van der Waals surface area contributed by atoms with Crippen molar-refractivity contribution in [2.45, 2.75) is 0 Å². The first-order valence-corrected chi connectivity index (χ1v) is 9.84. The summed E-state index contributed by atoms with van der Waals surface area (Å²) < 4.78 is 5.98. The van der Waals surface area contributed by atoms with Gasteiger partial charge in [0.25, 0.3) is 5.91 Å². The molecule has 8 heteroatoms. The zero-order chi connectivity index (χ0) is 20.8. The number of carbonyl (C=O) groups is 2. The second-order valence-corrected chi connectivity index (χ2v) is 7.46. The van der Waals surface area contributed by atoms with Crippen LogP contribution in [0.1, 0.15) is 26.3 Å². The van der Waals surface area contributed by atoms with Gasteiger partial charge in [-0.2, -0.15) is 5.10 Å². The van der Waals surface area contributed by atoms with Crippen molar-refractivity contribution in [3.8, 4) is 5.75 Å². The van der Waals surface area contributed by atoms with E-state index in [4.69, 9.17) is 27.9 Å². The molecule has 0 saturated heterocycles. The Kier molecular flexibility index (Phi) is 7.04. The van der Waals surface area contributed by atoms with E-state index in [0.29, 0.717) is 26.4 Å². The lowest BCUT2D eigenvalue weighted by molar-refractivity contribution is 0.0734. The van der Waals surface area contributed by atoms with Gasteiger partial charge in [-0.25, -0.2) is 10.2 Å². The van der Waals surface area contributed by atoms with Crippen molar-refractivity contribution in [1.29, 1.82) is 0 Å². The average molecular weight is 492 g/mol. The van der Waals surface area contributed by atoms with Crippen LogP contribution in [0, 0.1) is 0 Å². The minimum absolute atomic E-state index is 0.215. The summed E-state index contributed by atoms with van der Waals surface area (Å²) in [7, 11) is 0. The first-order valence-electron chi connectivity index (χ1n) is 8.29. The topological polar surface area (TPSA) is 67.8 Å². The number of rotatable bonds is 5. The molecular weight excluding hydrogens is 479 g/mol. The van der Waals surface area contributed by atoms with Gasteiger partial charge >= 0.3 is 5.97 Å². The second kappa shape index (κ2) is 9.69. The minimum Gasteiger partial charge on any atom is -0.423 e. The molecule has 29 heavy (non-hydrogen) atoms. The molecule has 0 aliphatic rings. The van der Waals surface area contributed by atoms with Gasteiger partial charge in [0.05, 0.1) is 22.4 Å². The molecule has 3 rings (SSSR count). The summed E-state index contributed by atoms with van der Waals surface area (Å²) in [4.78, 5) is 24.3. The van der Waals surface area contributed by atoms with E-state index >= 15 is 0 Å². The molecule has 0 aliphatic carbocycles. The Balaban J connectivity index is 1.60. The number of esters is 1. The van der Waals surface area contributed by atoms with E-state index < -0.39 is 5.97 Å². The quantitative estimate of drug-likeness (QED) is 0.214. The molecular formula is C21H13BrCl2N2O3. The van der Waals surface area contributed by atoms with Crippen LogP contribution in [0.3, 0.4) is 0 Å². The molecule has 0 radical (unpaired) electrons. The minimum atomic E-state index is -0.589. The summed E-state index contributed by atoms with van der Waals surface area (Å²) in [5.74, 6) is -0.580. The van der Waals surface area contributed by atoms with E-state index in [1.54, 1.807) is 48.5 Å². The van der Waals surface area contributed by atoms with Gasteiger partial charge < -0.3 is 4.74 Å². The first kappa shape index (κ1) is 21.0. The highest BCUT2D eigenvalue weighted by molar-refractivity contribution is 9.10. The van der Waals surface area contributed by atoms with Gasteiger partial charge in [-0.3, -0.25) is 4.79 Å². The van der Waals surface area contributed by atoms with E-state index in [2.05, 4.69) is 26.5 Å². The van der Waals surface area contributed by atoms with Gasteiger partial charge in [0.1, 0.15) is 5.75 Å². The Morgan fingerprint density at radius 2 is 1.69 bits per heavy atom. The van der Waals surface area contributed by atoms with E-state index in [-0.39, 0.29) is 16.5 Å². The highest BCUT2D eigenvalue weighted by atomic mass is 79.9. The predicted octanol–water partition coefficient (Wildman–Crippen LogP) is 5.74. The third-order valence-electron chi connectivity index (χ3n) is 3.74. The maximum Gasteiger partial charge on any atom is 0.345 e. The van der Waals surface area contributed by atoms with Crippen molar-refractivity contribution >= 4 is 57.2 Å². The normalized spacial score (nSPS) is 10.7. The molecule has 0 aliphatic heterocycles. The van der Waals surface area contributed by atoms with Crippen LogP contribution in [0.2, 0.25) is 10.0 Å².